The number of rotatable bonds is 4. The zero-order chi connectivity index (χ0) is 15.6. The van der Waals surface area contributed by atoms with Crippen molar-refractivity contribution in [1.29, 1.82) is 0 Å². The average molecular weight is 288 g/mol. The first-order valence-corrected chi connectivity index (χ1v) is 6.01. The smallest absolute Gasteiger partial charge is 0.342 e. The normalized spacial score (nSPS) is 10.2. The van der Waals surface area contributed by atoms with Gasteiger partial charge in [-0.15, -0.1) is 0 Å². The molecule has 0 aliphatic rings. The number of benzene rings is 1. The number of aromatic nitrogens is 1. The quantitative estimate of drug-likeness (QED) is 0.685. The number of pyridine rings is 1. The first-order chi connectivity index (χ1) is 9.88. The summed E-state index contributed by atoms with van der Waals surface area (Å²) in [5.41, 5.74) is 0.778. The molecule has 7 nitrogen and oxygen atoms in total. The van der Waals surface area contributed by atoms with Crippen LogP contribution in [0.4, 0.5) is 5.69 Å². The van der Waals surface area contributed by atoms with E-state index in [9.17, 15) is 14.9 Å². The van der Waals surface area contributed by atoms with E-state index in [0.717, 1.165) is 23.4 Å². The molecule has 0 aliphatic heterocycles. The van der Waals surface area contributed by atoms with Crippen LogP contribution in [-0.4, -0.2) is 21.0 Å². The van der Waals surface area contributed by atoms with Crippen molar-refractivity contribution in [1.82, 2.24) is 4.98 Å². The van der Waals surface area contributed by atoms with Gasteiger partial charge in [-0.3, -0.25) is 10.1 Å². The van der Waals surface area contributed by atoms with Crippen LogP contribution in [0.3, 0.4) is 0 Å². The van der Waals surface area contributed by atoms with Crippen LogP contribution in [-0.2, 0) is 0 Å². The summed E-state index contributed by atoms with van der Waals surface area (Å²) in [5, 5.41) is 19.8. The Hall–Kier alpha value is -2.96. The largest absolute Gasteiger partial charge is 0.477 e. The Morgan fingerprint density at radius 3 is 2.67 bits per heavy atom. The second-order valence-corrected chi connectivity index (χ2v) is 4.47. The zero-order valence-electron chi connectivity index (χ0n) is 11.4. The number of carboxylic acids is 1. The van der Waals surface area contributed by atoms with Crippen molar-refractivity contribution in [2.45, 2.75) is 13.8 Å². The summed E-state index contributed by atoms with van der Waals surface area (Å²) in [6, 6.07) is 6.59. The highest BCUT2D eigenvalue weighted by atomic mass is 16.6. The molecule has 1 aromatic heterocycles. The van der Waals surface area contributed by atoms with Crippen LogP contribution in [0, 0.1) is 24.0 Å². The molecule has 0 saturated heterocycles. The van der Waals surface area contributed by atoms with Gasteiger partial charge in [0.05, 0.1) is 4.92 Å². The minimum absolute atomic E-state index is 0.00769. The van der Waals surface area contributed by atoms with Gasteiger partial charge in [0.25, 0.3) is 0 Å². The highest BCUT2D eigenvalue weighted by Crippen LogP contribution is 2.27. The van der Waals surface area contributed by atoms with Crippen molar-refractivity contribution in [3.05, 3.63) is 57.3 Å². The molecule has 0 fully saturated rings. The van der Waals surface area contributed by atoms with E-state index in [1.807, 2.05) is 26.0 Å². The Kier molecular flexibility index (Phi) is 3.84. The Labute approximate surface area is 120 Å². The van der Waals surface area contributed by atoms with E-state index in [1.54, 1.807) is 6.07 Å². The molecule has 0 saturated carbocycles. The Morgan fingerprint density at radius 2 is 2.05 bits per heavy atom. The lowest BCUT2D eigenvalue weighted by molar-refractivity contribution is -0.385. The van der Waals surface area contributed by atoms with Crippen molar-refractivity contribution < 1.29 is 19.6 Å². The molecule has 1 N–H and O–H groups in total. The van der Waals surface area contributed by atoms with E-state index in [4.69, 9.17) is 9.84 Å². The standard InChI is InChI=1S/C14H12N2O5/c1-8-3-4-9(2)12(5-8)21-13-6-10(14(17)18)11(7-15-13)16(19)20/h3-7H,1-2H3,(H,17,18). The number of carbonyl (C=O) groups is 1. The number of carboxylic acid groups (broad SMARTS) is 1. The number of nitro groups is 1. The molecule has 21 heavy (non-hydrogen) atoms. The van der Waals surface area contributed by atoms with Crippen LogP contribution in [0.1, 0.15) is 21.5 Å². The van der Waals surface area contributed by atoms with Crippen molar-refractivity contribution in [2.24, 2.45) is 0 Å². The number of hydrogen-bond acceptors (Lipinski definition) is 5. The van der Waals surface area contributed by atoms with Gasteiger partial charge < -0.3 is 9.84 Å². The molecule has 2 aromatic rings. The first-order valence-electron chi connectivity index (χ1n) is 6.01. The number of nitrogens with zero attached hydrogens (tertiary/aromatic N) is 2. The predicted octanol–water partition coefficient (Wildman–Crippen LogP) is 3.10. The van der Waals surface area contributed by atoms with E-state index in [1.165, 1.54) is 0 Å². The van der Waals surface area contributed by atoms with Crippen LogP contribution in [0.25, 0.3) is 0 Å². The maximum atomic E-state index is 11.1. The Balaban J connectivity index is 2.41. The summed E-state index contributed by atoms with van der Waals surface area (Å²) in [5.74, 6) is -0.894. The molecule has 7 heteroatoms. The van der Waals surface area contributed by atoms with Gasteiger partial charge in [0.2, 0.25) is 5.88 Å². The summed E-state index contributed by atoms with van der Waals surface area (Å²) < 4.78 is 5.52. The van der Waals surface area contributed by atoms with Gasteiger partial charge in [0.15, 0.2) is 0 Å². The lowest BCUT2D eigenvalue weighted by Gasteiger charge is -2.09. The first kappa shape index (κ1) is 14.4. The molecular weight excluding hydrogens is 276 g/mol. The molecule has 0 bridgehead atoms. The van der Waals surface area contributed by atoms with Crippen LogP contribution in [0.2, 0.25) is 0 Å². The van der Waals surface area contributed by atoms with Gasteiger partial charge >= 0.3 is 11.7 Å². The summed E-state index contributed by atoms with van der Waals surface area (Å²) in [6.45, 7) is 3.72. The summed E-state index contributed by atoms with van der Waals surface area (Å²) in [6.07, 6.45) is 0.879. The van der Waals surface area contributed by atoms with E-state index in [-0.39, 0.29) is 5.88 Å². The van der Waals surface area contributed by atoms with Crippen LogP contribution in [0.5, 0.6) is 11.6 Å². The highest BCUT2D eigenvalue weighted by molar-refractivity contribution is 5.92. The van der Waals surface area contributed by atoms with Gasteiger partial charge in [-0.05, 0) is 31.0 Å². The lowest BCUT2D eigenvalue weighted by Crippen LogP contribution is -2.04. The van der Waals surface area contributed by atoms with Gasteiger partial charge in [0.1, 0.15) is 17.5 Å². The summed E-state index contributed by atoms with van der Waals surface area (Å²) in [4.78, 5) is 24.8. The fourth-order valence-corrected chi connectivity index (χ4v) is 1.73. The minimum atomic E-state index is -1.41. The third-order valence-electron chi connectivity index (χ3n) is 2.84. The molecular formula is C14H12N2O5. The highest BCUT2D eigenvalue weighted by Gasteiger charge is 2.21. The van der Waals surface area contributed by atoms with Crippen LogP contribution in [0.15, 0.2) is 30.5 Å². The maximum Gasteiger partial charge on any atom is 0.342 e. The van der Waals surface area contributed by atoms with Crippen molar-refractivity contribution in [3.8, 4) is 11.6 Å². The number of ether oxygens (including phenoxy) is 1. The molecule has 0 spiro atoms. The van der Waals surface area contributed by atoms with Crippen LogP contribution >= 0.6 is 0 Å². The second-order valence-electron chi connectivity index (χ2n) is 4.47. The molecule has 1 heterocycles. The van der Waals surface area contributed by atoms with Crippen LogP contribution < -0.4 is 4.74 Å². The number of hydrogen-bond donors (Lipinski definition) is 1. The van der Waals surface area contributed by atoms with Gasteiger partial charge in [-0.2, -0.15) is 0 Å². The van der Waals surface area contributed by atoms with Crippen molar-refractivity contribution in [3.63, 3.8) is 0 Å². The number of aryl methyl sites for hydroxylation is 2. The fourth-order valence-electron chi connectivity index (χ4n) is 1.73. The lowest BCUT2D eigenvalue weighted by atomic mass is 10.1. The fraction of sp³-hybridized carbons (Fsp3) is 0.143. The molecule has 0 atom stereocenters. The van der Waals surface area contributed by atoms with E-state index < -0.39 is 22.1 Å². The number of aromatic carboxylic acids is 1. The summed E-state index contributed by atoms with van der Waals surface area (Å²) >= 11 is 0. The maximum absolute atomic E-state index is 11.1. The van der Waals surface area contributed by atoms with Gasteiger partial charge in [0, 0.05) is 6.07 Å². The molecule has 0 unspecified atom stereocenters. The third-order valence-corrected chi connectivity index (χ3v) is 2.84. The Bertz CT molecular complexity index is 727. The van der Waals surface area contributed by atoms with E-state index >= 15 is 0 Å². The predicted molar refractivity (Wildman–Crippen MR) is 73.8 cm³/mol. The topological polar surface area (TPSA) is 103 Å². The van der Waals surface area contributed by atoms with Crippen molar-refractivity contribution >= 4 is 11.7 Å². The van der Waals surface area contributed by atoms with Gasteiger partial charge in [-0.1, -0.05) is 12.1 Å². The van der Waals surface area contributed by atoms with Gasteiger partial charge in [-0.25, -0.2) is 9.78 Å². The molecule has 2 rings (SSSR count). The monoisotopic (exact) mass is 288 g/mol. The minimum Gasteiger partial charge on any atom is -0.477 e. The summed E-state index contributed by atoms with van der Waals surface area (Å²) in [7, 11) is 0. The third kappa shape index (κ3) is 3.14. The molecule has 0 aliphatic carbocycles. The molecule has 108 valence electrons. The SMILES string of the molecule is Cc1ccc(C)c(Oc2cc(C(=O)O)c([N+](=O)[O-])cn2)c1. The molecule has 0 radical (unpaired) electrons. The van der Waals surface area contributed by atoms with E-state index in [0.29, 0.717) is 5.75 Å². The molecule has 1 aromatic carbocycles. The second kappa shape index (κ2) is 5.58. The average Bonchev–Trinajstić information content (AvgIpc) is 2.42. The zero-order valence-corrected chi connectivity index (χ0v) is 11.4. The Morgan fingerprint density at radius 1 is 1.33 bits per heavy atom. The van der Waals surface area contributed by atoms with E-state index in [2.05, 4.69) is 4.98 Å². The van der Waals surface area contributed by atoms with Crippen molar-refractivity contribution in [2.75, 3.05) is 0 Å². The molecule has 0 amide bonds.